The fourth-order valence-corrected chi connectivity index (χ4v) is 5.19. The number of nitrogens with zero attached hydrogens (tertiary/aromatic N) is 5. The van der Waals surface area contributed by atoms with Crippen molar-refractivity contribution in [1.29, 1.82) is 0 Å². The maximum atomic E-state index is 14.7. The summed E-state index contributed by atoms with van der Waals surface area (Å²) in [7, 11) is 2.04. The fourth-order valence-electron chi connectivity index (χ4n) is 4.31. The van der Waals surface area contributed by atoms with Crippen LogP contribution < -0.4 is 10.2 Å². The molecule has 154 valence electrons. The largest absolute Gasteiger partial charge is 0.347 e. The molecule has 0 spiro atoms. The Bertz CT molecular complexity index is 980. The standard InChI is InChI=1S/C20H26FN7S/c1-19(2)7-14(8-20(3,4)27-19)28(5)18-26-25-17(29-18)16-15(21)6-12(9-22-16)13-10-23-24-11-13/h6,9-11,14,27H,7-8H2,1-5H3,(H,23,24). The first kappa shape index (κ1) is 19.9. The minimum absolute atomic E-state index is 0.0325. The molecule has 29 heavy (non-hydrogen) atoms. The first-order valence-corrected chi connectivity index (χ1v) is 10.5. The number of rotatable bonds is 4. The van der Waals surface area contributed by atoms with Crippen LogP contribution in [-0.4, -0.2) is 49.5 Å². The molecule has 3 aromatic heterocycles. The van der Waals surface area contributed by atoms with Gasteiger partial charge in [0.25, 0.3) is 0 Å². The van der Waals surface area contributed by atoms with Gasteiger partial charge in [-0.15, -0.1) is 10.2 Å². The van der Waals surface area contributed by atoms with Crippen molar-refractivity contribution in [3.63, 3.8) is 0 Å². The molecule has 1 fully saturated rings. The van der Waals surface area contributed by atoms with Crippen LogP contribution in [0.15, 0.2) is 24.7 Å². The van der Waals surface area contributed by atoms with Crippen molar-refractivity contribution in [2.75, 3.05) is 11.9 Å². The van der Waals surface area contributed by atoms with Crippen molar-refractivity contribution in [2.45, 2.75) is 57.7 Å². The molecule has 0 amide bonds. The lowest BCUT2D eigenvalue weighted by Gasteiger charge is -2.48. The summed E-state index contributed by atoms with van der Waals surface area (Å²) in [6, 6.07) is 1.78. The summed E-state index contributed by atoms with van der Waals surface area (Å²) in [5, 5.41) is 20.1. The average molecular weight is 416 g/mol. The van der Waals surface area contributed by atoms with Crippen LogP contribution in [0.5, 0.6) is 0 Å². The monoisotopic (exact) mass is 415 g/mol. The van der Waals surface area contributed by atoms with E-state index in [0.29, 0.717) is 16.6 Å². The van der Waals surface area contributed by atoms with E-state index in [1.54, 1.807) is 18.6 Å². The van der Waals surface area contributed by atoms with Crippen LogP contribution in [0.2, 0.25) is 0 Å². The Balaban J connectivity index is 1.57. The minimum atomic E-state index is -0.418. The Morgan fingerprint density at radius 2 is 1.83 bits per heavy atom. The summed E-state index contributed by atoms with van der Waals surface area (Å²) >= 11 is 1.37. The van der Waals surface area contributed by atoms with Crippen LogP contribution in [0.3, 0.4) is 0 Å². The number of hydrogen-bond donors (Lipinski definition) is 2. The molecule has 7 nitrogen and oxygen atoms in total. The molecular weight excluding hydrogens is 389 g/mol. The van der Waals surface area contributed by atoms with Crippen LogP contribution in [0.1, 0.15) is 40.5 Å². The molecule has 2 N–H and O–H groups in total. The molecule has 4 rings (SSSR count). The van der Waals surface area contributed by atoms with Gasteiger partial charge in [-0.3, -0.25) is 5.10 Å². The maximum Gasteiger partial charge on any atom is 0.208 e. The molecule has 0 unspecified atom stereocenters. The van der Waals surface area contributed by atoms with Gasteiger partial charge in [-0.25, -0.2) is 9.37 Å². The van der Waals surface area contributed by atoms with E-state index in [-0.39, 0.29) is 16.8 Å². The van der Waals surface area contributed by atoms with Gasteiger partial charge >= 0.3 is 0 Å². The van der Waals surface area contributed by atoms with Crippen molar-refractivity contribution < 1.29 is 4.39 Å². The number of pyridine rings is 1. The van der Waals surface area contributed by atoms with Crippen molar-refractivity contribution in [3.05, 3.63) is 30.5 Å². The molecule has 4 heterocycles. The predicted molar refractivity (Wildman–Crippen MR) is 113 cm³/mol. The number of halogens is 1. The van der Waals surface area contributed by atoms with Gasteiger partial charge in [0.15, 0.2) is 10.8 Å². The topological polar surface area (TPSA) is 82.6 Å². The van der Waals surface area contributed by atoms with E-state index in [1.807, 2.05) is 7.05 Å². The van der Waals surface area contributed by atoms with E-state index in [4.69, 9.17) is 0 Å². The van der Waals surface area contributed by atoms with Gasteiger partial charge in [-0.2, -0.15) is 5.10 Å². The van der Waals surface area contributed by atoms with Crippen LogP contribution >= 0.6 is 11.3 Å². The third-order valence-corrected chi connectivity index (χ3v) is 6.33. The molecule has 0 bridgehead atoms. The van der Waals surface area contributed by atoms with Crippen molar-refractivity contribution >= 4 is 16.5 Å². The van der Waals surface area contributed by atoms with E-state index in [1.165, 1.54) is 17.4 Å². The summed E-state index contributed by atoms with van der Waals surface area (Å²) in [5.74, 6) is -0.418. The SMILES string of the molecule is CN(c1nnc(-c2ncc(-c3cn[nH]c3)cc2F)s1)C1CC(C)(C)NC(C)(C)C1. The Labute approximate surface area is 173 Å². The first-order valence-electron chi connectivity index (χ1n) is 9.64. The van der Waals surface area contributed by atoms with E-state index >= 15 is 0 Å². The quantitative estimate of drug-likeness (QED) is 0.673. The van der Waals surface area contributed by atoms with Gasteiger partial charge in [-0.1, -0.05) is 11.3 Å². The summed E-state index contributed by atoms with van der Waals surface area (Å²) in [6.45, 7) is 8.89. The Kier molecular flexibility index (Phi) is 4.90. The number of hydrogen-bond acceptors (Lipinski definition) is 7. The number of anilines is 1. The van der Waals surface area contributed by atoms with Gasteiger partial charge in [-0.05, 0) is 46.6 Å². The van der Waals surface area contributed by atoms with Crippen LogP contribution in [0.4, 0.5) is 9.52 Å². The first-order chi connectivity index (χ1) is 13.6. The molecule has 0 saturated carbocycles. The van der Waals surface area contributed by atoms with Crippen LogP contribution in [0, 0.1) is 5.82 Å². The van der Waals surface area contributed by atoms with Crippen molar-refractivity contribution in [3.8, 4) is 21.8 Å². The predicted octanol–water partition coefficient (Wildman–Crippen LogP) is 3.87. The third kappa shape index (κ3) is 4.16. The number of aromatic nitrogens is 5. The second-order valence-electron chi connectivity index (χ2n) is 9.00. The highest BCUT2D eigenvalue weighted by Crippen LogP contribution is 2.36. The molecule has 0 aromatic carbocycles. The minimum Gasteiger partial charge on any atom is -0.347 e. The maximum absolute atomic E-state index is 14.7. The summed E-state index contributed by atoms with van der Waals surface area (Å²) in [5.41, 5.74) is 1.74. The molecular formula is C20H26FN7S. The molecule has 1 aliphatic heterocycles. The number of aromatic amines is 1. The van der Waals surface area contributed by atoms with Crippen LogP contribution in [0.25, 0.3) is 21.8 Å². The second-order valence-corrected chi connectivity index (χ2v) is 9.95. The van der Waals surface area contributed by atoms with Crippen LogP contribution in [-0.2, 0) is 0 Å². The van der Waals surface area contributed by atoms with Gasteiger partial charge in [0.2, 0.25) is 5.13 Å². The highest BCUT2D eigenvalue weighted by Gasteiger charge is 2.39. The zero-order valence-electron chi connectivity index (χ0n) is 17.3. The normalized spacial score (nSPS) is 18.7. The lowest BCUT2D eigenvalue weighted by molar-refractivity contribution is 0.161. The second kappa shape index (κ2) is 7.14. The number of piperidine rings is 1. The van der Waals surface area contributed by atoms with Gasteiger partial charge in [0.05, 0.1) is 6.20 Å². The molecule has 3 aromatic rings. The van der Waals surface area contributed by atoms with Gasteiger partial charge < -0.3 is 10.2 Å². The lowest BCUT2D eigenvalue weighted by atomic mass is 9.79. The van der Waals surface area contributed by atoms with Gasteiger partial charge in [0.1, 0.15) is 5.69 Å². The molecule has 9 heteroatoms. The number of nitrogens with one attached hydrogen (secondary N) is 2. The Morgan fingerprint density at radius 1 is 1.10 bits per heavy atom. The van der Waals surface area contributed by atoms with Crippen molar-refractivity contribution in [2.24, 2.45) is 0 Å². The number of H-pyrrole nitrogens is 1. The highest BCUT2D eigenvalue weighted by atomic mass is 32.1. The molecule has 0 atom stereocenters. The zero-order chi connectivity index (χ0) is 20.8. The Hall–Kier alpha value is -2.39. The van der Waals surface area contributed by atoms with Crippen molar-refractivity contribution in [1.82, 2.24) is 30.7 Å². The summed E-state index contributed by atoms with van der Waals surface area (Å²) in [4.78, 5) is 6.47. The molecule has 1 aliphatic rings. The van der Waals surface area contributed by atoms with E-state index in [9.17, 15) is 4.39 Å². The van der Waals surface area contributed by atoms with E-state index in [2.05, 4.69) is 63.3 Å². The fraction of sp³-hybridized carbons (Fsp3) is 0.500. The smallest absolute Gasteiger partial charge is 0.208 e. The average Bonchev–Trinajstić information content (AvgIpc) is 3.30. The Morgan fingerprint density at radius 3 is 2.45 bits per heavy atom. The van der Waals surface area contributed by atoms with Gasteiger partial charge in [0, 0.05) is 47.7 Å². The third-order valence-electron chi connectivity index (χ3n) is 5.31. The lowest BCUT2D eigenvalue weighted by Crippen LogP contribution is -2.61. The van der Waals surface area contributed by atoms with E-state index < -0.39 is 5.82 Å². The molecule has 0 aliphatic carbocycles. The summed E-state index contributed by atoms with van der Waals surface area (Å²) in [6.07, 6.45) is 6.96. The zero-order valence-corrected chi connectivity index (χ0v) is 18.1. The van der Waals surface area contributed by atoms with E-state index in [0.717, 1.165) is 23.5 Å². The molecule has 1 saturated heterocycles. The highest BCUT2D eigenvalue weighted by molar-refractivity contribution is 7.18. The molecule has 0 radical (unpaired) electrons. The summed E-state index contributed by atoms with van der Waals surface area (Å²) < 4.78 is 14.7.